The minimum atomic E-state index is -4.37. The molecule has 0 bridgehead atoms. The van der Waals surface area contributed by atoms with Gasteiger partial charge in [0.2, 0.25) is 0 Å². The lowest BCUT2D eigenvalue weighted by Crippen LogP contribution is -2.09. The summed E-state index contributed by atoms with van der Waals surface area (Å²) in [6.45, 7) is 1.80. The monoisotopic (exact) mass is 333 g/mol. The van der Waals surface area contributed by atoms with Gasteiger partial charge in [-0.3, -0.25) is 0 Å². The molecule has 0 radical (unpaired) electrons. The smallest absolute Gasteiger partial charge is 0.378 e. The van der Waals surface area contributed by atoms with Crippen molar-refractivity contribution in [2.75, 3.05) is 5.32 Å². The quantitative estimate of drug-likeness (QED) is 0.706. The zero-order chi connectivity index (χ0) is 15.6. The third-order valence-corrected chi connectivity index (χ3v) is 3.85. The lowest BCUT2D eigenvalue weighted by atomic mass is 10.1. The Labute approximate surface area is 130 Å². The van der Waals surface area contributed by atoms with Crippen LogP contribution in [0.4, 0.5) is 18.9 Å². The van der Waals surface area contributed by atoms with Crippen molar-refractivity contribution >= 4 is 28.9 Å². The van der Waals surface area contributed by atoms with E-state index < -0.39 is 11.7 Å². The zero-order valence-electron chi connectivity index (χ0n) is 11.0. The molecule has 2 aromatic rings. The predicted molar refractivity (Wildman–Crippen MR) is 79.9 cm³/mol. The van der Waals surface area contributed by atoms with Crippen molar-refractivity contribution in [3.8, 4) is 0 Å². The van der Waals surface area contributed by atoms with Crippen molar-refractivity contribution in [3.63, 3.8) is 0 Å². The summed E-state index contributed by atoms with van der Waals surface area (Å²) in [7, 11) is 0. The maximum absolute atomic E-state index is 12.7. The Bertz CT molecular complexity index is 641. The Morgan fingerprint density at radius 3 is 2.38 bits per heavy atom. The molecule has 2 aromatic carbocycles. The predicted octanol–water partition coefficient (Wildman–Crippen LogP) is 6.19. The van der Waals surface area contributed by atoms with E-state index in [0.29, 0.717) is 15.7 Å². The van der Waals surface area contributed by atoms with Gasteiger partial charge in [-0.1, -0.05) is 41.4 Å². The molecule has 1 nitrogen and oxygen atoms in total. The minimum Gasteiger partial charge on any atom is -0.378 e. The fraction of sp³-hybridized carbons (Fsp3) is 0.200. The first kappa shape index (κ1) is 16.0. The number of benzene rings is 2. The molecule has 0 aliphatic heterocycles. The minimum absolute atomic E-state index is 0.278. The molecule has 1 atom stereocenters. The SMILES string of the molecule is CC(Nc1cccc(C(F)(F)F)c1)c1cccc(Cl)c1Cl. The number of hydrogen-bond donors (Lipinski definition) is 1. The van der Waals surface area contributed by atoms with Crippen LogP contribution in [0.5, 0.6) is 0 Å². The van der Waals surface area contributed by atoms with E-state index in [1.807, 2.05) is 0 Å². The summed E-state index contributed by atoms with van der Waals surface area (Å²) < 4.78 is 38.0. The molecule has 0 aliphatic carbocycles. The summed E-state index contributed by atoms with van der Waals surface area (Å²) in [6.07, 6.45) is -4.37. The number of hydrogen-bond acceptors (Lipinski definition) is 1. The largest absolute Gasteiger partial charge is 0.416 e. The summed E-state index contributed by atoms with van der Waals surface area (Å²) in [4.78, 5) is 0. The van der Waals surface area contributed by atoms with Gasteiger partial charge in [-0.2, -0.15) is 13.2 Å². The van der Waals surface area contributed by atoms with E-state index in [4.69, 9.17) is 23.2 Å². The van der Waals surface area contributed by atoms with Gasteiger partial charge < -0.3 is 5.32 Å². The fourth-order valence-electron chi connectivity index (χ4n) is 1.97. The molecule has 0 saturated heterocycles. The van der Waals surface area contributed by atoms with Gasteiger partial charge in [0.05, 0.1) is 21.7 Å². The first-order chi connectivity index (χ1) is 9.79. The van der Waals surface area contributed by atoms with Gasteiger partial charge in [-0.15, -0.1) is 0 Å². The lowest BCUT2D eigenvalue weighted by Gasteiger charge is -2.18. The van der Waals surface area contributed by atoms with Gasteiger partial charge in [0.15, 0.2) is 0 Å². The van der Waals surface area contributed by atoms with Gasteiger partial charge in [-0.05, 0) is 36.8 Å². The van der Waals surface area contributed by atoms with E-state index >= 15 is 0 Å². The second-order valence-electron chi connectivity index (χ2n) is 4.59. The second-order valence-corrected chi connectivity index (χ2v) is 5.37. The van der Waals surface area contributed by atoms with E-state index in [0.717, 1.165) is 17.7 Å². The Hall–Kier alpha value is -1.39. The average molecular weight is 334 g/mol. The molecule has 6 heteroatoms. The summed E-state index contributed by atoms with van der Waals surface area (Å²) in [5.74, 6) is 0. The molecule has 0 spiro atoms. The van der Waals surface area contributed by atoms with Crippen LogP contribution in [-0.4, -0.2) is 0 Å². The van der Waals surface area contributed by atoms with Crippen LogP contribution >= 0.6 is 23.2 Å². The van der Waals surface area contributed by atoms with Crippen molar-refractivity contribution in [1.29, 1.82) is 0 Å². The van der Waals surface area contributed by atoms with Crippen molar-refractivity contribution in [1.82, 2.24) is 0 Å². The van der Waals surface area contributed by atoms with Crippen LogP contribution in [0, 0.1) is 0 Å². The van der Waals surface area contributed by atoms with Crippen LogP contribution in [0.2, 0.25) is 10.0 Å². The molecule has 0 amide bonds. The molecule has 0 heterocycles. The molecule has 21 heavy (non-hydrogen) atoms. The van der Waals surface area contributed by atoms with Crippen molar-refractivity contribution in [3.05, 3.63) is 63.6 Å². The summed E-state index contributed by atoms with van der Waals surface area (Å²) in [5, 5.41) is 3.80. The van der Waals surface area contributed by atoms with Crippen molar-refractivity contribution in [2.24, 2.45) is 0 Å². The van der Waals surface area contributed by atoms with Crippen LogP contribution in [-0.2, 0) is 6.18 Å². The highest BCUT2D eigenvalue weighted by molar-refractivity contribution is 6.42. The molecule has 1 N–H and O–H groups in total. The van der Waals surface area contributed by atoms with Crippen molar-refractivity contribution in [2.45, 2.75) is 19.1 Å². The Morgan fingerprint density at radius 2 is 1.71 bits per heavy atom. The zero-order valence-corrected chi connectivity index (χ0v) is 12.5. The molecule has 2 rings (SSSR count). The van der Waals surface area contributed by atoms with E-state index in [1.165, 1.54) is 6.07 Å². The first-order valence-corrected chi connectivity index (χ1v) is 6.92. The highest BCUT2D eigenvalue weighted by Crippen LogP contribution is 2.34. The first-order valence-electron chi connectivity index (χ1n) is 6.16. The van der Waals surface area contributed by atoms with Crippen LogP contribution in [0.3, 0.4) is 0 Å². The topological polar surface area (TPSA) is 12.0 Å². The molecule has 0 aliphatic rings. The van der Waals surface area contributed by atoms with E-state index in [2.05, 4.69) is 5.32 Å². The van der Waals surface area contributed by atoms with Gasteiger partial charge >= 0.3 is 6.18 Å². The van der Waals surface area contributed by atoms with Gasteiger partial charge in [0, 0.05) is 5.69 Å². The summed E-state index contributed by atoms with van der Waals surface area (Å²) >= 11 is 12.0. The second kappa shape index (κ2) is 6.16. The van der Waals surface area contributed by atoms with Gasteiger partial charge in [0.1, 0.15) is 0 Å². The fourth-order valence-corrected chi connectivity index (χ4v) is 2.44. The van der Waals surface area contributed by atoms with Crippen LogP contribution in [0.25, 0.3) is 0 Å². The van der Waals surface area contributed by atoms with Crippen LogP contribution < -0.4 is 5.32 Å². The molecular weight excluding hydrogens is 322 g/mol. The molecular formula is C15H12Cl2F3N. The van der Waals surface area contributed by atoms with Crippen molar-refractivity contribution < 1.29 is 13.2 Å². The van der Waals surface area contributed by atoms with E-state index in [9.17, 15) is 13.2 Å². The standard InChI is InChI=1S/C15H12Cl2F3N/c1-9(12-6-3-7-13(16)14(12)17)21-11-5-2-4-10(8-11)15(18,19)20/h2-9,21H,1H3. The van der Waals surface area contributed by atoms with Crippen LogP contribution in [0.15, 0.2) is 42.5 Å². The lowest BCUT2D eigenvalue weighted by molar-refractivity contribution is -0.137. The number of halogens is 5. The molecule has 112 valence electrons. The Kier molecular flexibility index (Phi) is 4.69. The number of anilines is 1. The van der Waals surface area contributed by atoms with Gasteiger partial charge in [-0.25, -0.2) is 0 Å². The highest BCUT2D eigenvalue weighted by atomic mass is 35.5. The Morgan fingerprint density at radius 1 is 1.05 bits per heavy atom. The molecule has 0 aromatic heterocycles. The normalized spacial score (nSPS) is 13.0. The average Bonchev–Trinajstić information content (AvgIpc) is 2.41. The highest BCUT2D eigenvalue weighted by Gasteiger charge is 2.30. The number of alkyl halides is 3. The molecule has 1 unspecified atom stereocenters. The van der Waals surface area contributed by atoms with Crippen LogP contribution in [0.1, 0.15) is 24.1 Å². The molecule has 0 fully saturated rings. The number of nitrogens with one attached hydrogen (secondary N) is 1. The number of rotatable bonds is 3. The van der Waals surface area contributed by atoms with Gasteiger partial charge in [0.25, 0.3) is 0 Å². The maximum atomic E-state index is 12.7. The Balaban J connectivity index is 2.24. The third kappa shape index (κ3) is 3.83. The third-order valence-electron chi connectivity index (χ3n) is 3.02. The van der Waals surface area contributed by atoms with E-state index in [1.54, 1.807) is 31.2 Å². The summed E-state index contributed by atoms with van der Waals surface area (Å²) in [6, 6.07) is 9.93. The summed E-state index contributed by atoms with van der Waals surface area (Å²) in [5.41, 5.74) is 0.395. The van der Waals surface area contributed by atoms with E-state index in [-0.39, 0.29) is 6.04 Å². The maximum Gasteiger partial charge on any atom is 0.416 e. The molecule has 0 saturated carbocycles.